The molecule has 6 heteroatoms. The second-order valence-electron chi connectivity index (χ2n) is 5.74. The zero-order valence-electron chi connectivity index (χ0n) is 13.2. The zero-order chi connectivity index (χ0) is 17.4. The van der Waals surface area contributed by atoms with Gasteiger partial charge in [0.1, 0.15) is 11.5 Å². The minimum absolute atomic E-state index is 0.0522. The highest BCUT2D eigenvalue weighted by Gasteiger charge is 2.15. The van der Waals surface area contributed by atoms with Crippen LogP contribution < -0.4 is 5.32 Å². The summed E-state index contributed by atoms with van der Waals surface area (Å²) in [6.07, 6.45) is 0. The van der Waals surface area contributed by atoms with Crippen molar-refractivity contribution < 1.29 is 15.0 Å². The van der Waals surface area contributed by atoms with Crippen LogP contribution in [-0.2, 0) is 6.61 Å². The number of H-pyrrole nitrogens is 1. The third-order valence-electron chi connectivity index (χ3n) is 4.08. The Bertz CT molecular complexity index is 1100. The molecule has 0 atom stereocenters. The lowest BCUT2D eigenvalue weighted by Crippen LogP contribution is -1.96. The number of nitrogens with one attached hydrogen (secondary N) is 2. The Morgan fingerprint density at radius 2 is 1.92 bits per heavy atom. The smallest absolute Gasteiger partial charge is 0.352 e. The van der Waals surface area contributed by atoms with E-state index in [4.69, 9.17) is 0 Å². The number of carboxylic acid groups (broad SMARTS) is 1. The fourth-order valence-corrected chi connectivity index (χ4v) is 2.91. The van der Waals surface area contributed by atoms with Crippen LogP contribution in [0, 0.1) is 0 Å². The highest BCUT2D eigenvalue weighted by molar-refractivity contribution is 6.11. The maximum absolute atomic E-state index is 11.4. The molecule has 0 spiro atoms. The van der Waals surface area contributed by atoms with Crippen LogP contribution in [0.25, 0.3) is 21.8 Å². The second kappa shape index (κ2) is 5.92. The molecule has 2 aromatic carbocycles. The number of carbonyl (C=O) groups is 1. The van der Waals surface area contributed by atoms with Crippen LogP contribution in [-0.4, -0.2) is 26.2 Å². The van der Waals surface area contributed by atoms with Gasteiger partial charge in [-0.3, -0.25) is 0 Å². The van der Waals surface area contributed by atoms with Crippen LogP contribution in [0.2, 0.25) is 0 Å². The second-order valence-corrected chi connectivity index (χ2v) is 5.74. The highest BCUT2D eigenvalue weighted by Crippen LogP contribution is 2.31. The van der Waals surface area contributed by atoms with Crippen molar-refractivity contribution in [1.29, 1.82) is 0 Å². The summed E-state index contributed by atoms with van der Waals surface area (Å²) in [5.74, 6) is -0.457. The van der Waals surface area contributed by atoms with Gasteiger partial charge in [-0.1, -0.05) is 30.3 Å². The van der Waals surface area contributed by atoms with E-state index < -0.39 is 5.97 Å². The molecule has 0 radical (unpaired) electrons. The van der Waals surface area contributed by atoms with Crippen molar-refractivity contribution in [2.24, 2.45) is 0 Å². The maximum atomic E-state index is 11.4. The normalized spacial score (nSPS) is 11.1. The molecule has 4 rings (SSSR count). The Hall–Kier alpha value is -3.38. The van der Waals surface area contributed by atoms with E-state index in [2.05, 4.69) is 15.3 Å². The molecule has 0 aliphatic heterocycles. The van der Waals surface area contributed by atoms with Crippen LogP contribution >= 0.6 is 0 Å². The lowest BCUT2D eigenvalue weighted by molar-refractivity contribution is 0.0691. The Morgan fingerprint density at radius 1 is 1.08 bits per heavy atom. The van der Waals surface area contributed by atoms with Gasteiger partial charge in [0, 0.05) is 16.5 Å². The number of aromatic carboxylic acids is 1. The van der Waals surface area contributed by atoms with Gasteiger partial charge < -0.3 is 20.5 Å². The number of para-hydroxylation sites is 1. The lowest BCUT2D eigenvalue weighted by Gasteiger charge is -2.10. The van der Waals surface area contributed by atoms with Gasteiger partial charge in [-0.2, -0.15) is 0 Å². The number of hydrogen-bond donors (Lipinski definition) is 4. The van der Waals surface area contributed by atoms with Gasteiger partial charge in [0.15, 0.2) is 0 Å². The molecule has 2 aromatic heterocycles. The van der Waals surface area contributed by atoms with Gasteiger partial charge in [-0.15, -0.1) is 0 Å². The summed E-state index contributed by atoms with van der Waals surface area (Å²) in [6.45, 7) is -0.0522. The first kappa shape index (κ1) is 15.2. The van der Waals surface area contributed by atoms with Gasteiger partial charge in [0.05, 0.1) is 17.6 Å². The Kier molecular flexibility index (Phi) is 3.59. The van der Waals surface area contributed by atoms with Gasteiger partial charge in [-0.25, -0.2) is 9.78 Å². The predicted molar refractivity (Wildman–Crippen MR) is 96.2 cm³/mol. The molecular weight excluding hydrogens is 318 g/mol. The number of carboxylic acids is 1. The number of aromatic nitrogens is 2. The molecule has 0 saturated heterocycles. The number of benzene rings is 2. The number of aliphatic hydroxyl groups excluding tert-OH is 1. The Labute approximate surface area is 142 Å². The van der Waals surface area contributed by atoms with E-state index in [1.165, 1.54) is 0 Å². The molecule has 4 N–H and O–H groups in total. The largest absolute Gasteiger partial charge is 0.477 e. The number of anilines is 2. The lowest BCUT2D eigenvalue weighted by atomic mass is 10.1. The number of aliphatic hydroxyl groups is 1. The van der Waals surface area contributed by atoms with Crippen molar-refractivity contribution >= 4 is 39.3 Å². The van der Waals surface area contributed by atoms with Crippen LogP contribution in [0.15, 0.2) is 54.6 Å². The first-order chi connectivity index (χ1) is 12.2. The average Bonchev–Trinajstić information content (AvgIpc) is 3.08. The SMILES string of the molecule is O=C(O)c1cc2c(Nc3cccc(CO)c3)nc3ccccc3c2[nH]1. The third kappa shape index (κ3) is 2.68. The number of fused-ring (bicyclic) bond motifs is 3. The molecule has 0 bridgehead atoms. The molecule has 0 unspecified atom stereocenters. The van der Waals surface area contributed by atoms with Crippen LogP contribution in [0.4, 0.5) is 11.5 Å². The molecule has 0 fully saturated rings. The average molecular weight is 333 g/mol. The van der Waals surface area contributed by atoms with Crippen molar-refractivity contribution in [1.82, 2.24) is 9.97 Å². The van der Waals surface area contributed by atoms with Gasteiger partial charge in [-0.05, 0) is 29.8 Å². The van der Waals surface area contributed by atoms with Crippen molar-refractivity contribution in [2.75, 3.05) is 5.32 Å². The number of pyridine rings is 1. The summed E-state index contributed by atoms with van der Waals surface area (Å²) in [5, 5.41) is 23.4. The quantitative estimate of drug-likeness (QED) is 0.457. The maximum Gasteiger partial charge on any atom is 0.352 e. The standard InChI is InChI=1S/C19H15N3O3/c23-10-11-4-3-5-12(8-11)20-18-14-9-16(19(24)25)21-17(14)13-6-1-2-7-15(13)22-18/h1-9,21,23H,10H2,(H,20,22)(H,24,25). The fourth-order valence-electron chi connectivity index (χ4n) is 2.91. The number of rotatable bonds is 4. The van der Waals surface area contributed by atoms with Crippen molar-refractivity contribution in [3.63, 3.8) is 0 Å². The summed E-state index contributed by atoms with van der Waals surface area (Å²) in [5.41, 5.74) is 3.15. The predicted octanol–water partition coefficient (Wildman–Crippen LogP) is 3.65. The Morgan fingerprint density at radius 3 is 2.72 bits per heavy atom. The molecule has 124 valence electrons. The number of aromatic amines is 1. The van der Waals surface area contributed by atoms with E-state index in [0.717, 1.165) is 27.7 Å². The van der Waals surface area contributed by atoms with E-state index in [0.29, 0.717) is 11.2 Å². The highest BCUT2D eigenvalue weighted by atomic mass is 16.4. The first-order valence-electron chi connectivity index (χ1n) is 7.77. The molecule has 0 aliphatic rings. The van der Waals surface area contributed by atoms with Gasteiger partial charge in [0.2, 0.25) is 0 Å². The van der Waals surface area contributed by atoms with E-state index in [-0.39, 0.29) is 12.3 Å². The molecule has 0 aliphatic carbocycles. The molecule has 6 nitrogen and oxygen atoms in total. The van der Waals surface area contributed by atoms with Crippen LogP contribution in [0.5, 0.6) is 0 Å². The van der Waals surface area contributed by atoms with Gasteiger partial charge >= 0.3 is 5.97 Å². The van der Waals surface area contributed by atoms with E-state index in [1.54, 1.807) is 6.07 Å². The van der Waals surface area contributed by atoms with Crippen molar-refractivity contribution in [2.45, 2.75) is 6.61 Å². The molecule has 25 heavy (non-hydrogen) atoms. The van der Waals surface area contributed by atoms with E-state index in [9.17, 15) is 15.0 Å². The first-order valence-corrected chi connectivity index (χ1v) is 7.77. The molecule has 0 amide bonds. The minimum atomic E-state index is -1.02. The fraction of sp³-hybridized carbons (Fsp3) is 0.0526. The molecule has 4 aromatic rings. The summed E-state index contributed by atoms with van der Waals surface area (Å²) in [6, 6.07) is 16.5. The Balaban J connectivity index is 1.92. The molecule has 0 saturated carbocycles. The van der Waals surface area contributed by atoms with E-state index in [1.807, 2.05) is 48.5 Å². The summed E-state index contributed by atoms with van der Waals surface area (Å²) in [7, 11) is 0. The van der Waals surface area contributed by atoms with Crippen molar-refractivity contribution in [3.05, 3.63) is 65.9 Å². The van der Waals surface area contributed by atoms with Crippen LogP contribution in [0.3, 0.4) is 0 Å². The van der Waals surface area contributed by atoms with Gasteiger partial charge in [0.25, 0.3) is 0 Å². The number of nitrogens with zero attached hydrogens (tertiary/aromatic N) is 1. The zero-order valence-corrected chi connectivity index (χ0v) is 13.2. The van der Waals surface area contributed by atoms with E-state index >= 15 is 0 Å². The third-order valence-corrected chi connectivity index (χ3v) is 4.08. The number of hydrogen-bond acceptors (Lipinski definition) is 4. The molecule has 2 heterocycles. The summed E-state index contributed by atoms with van der Waals surface area (Å²) >= 11 is 0. The topological polar surface area (TPSA) is 98.2 Å². The monoisotopic (exact) mass is 333 g/mol. The van der Waals surface area contributed by atoms with Crippen molar-refractivity contribution in [3.8, 4) is 0 Å². The minimum Gasteiger partial charge on any atom is -0.477 e. The molecular formula is C19H15N3O3. The van der Waals surface area contributed by atoms with Crippen LogP contribution in [0.1, 0.15) is 16.1 Å². The summed E-state index contributed by atoms with van der Waals surface area (Å²) in [4.78, 5) is 19.0. The summed E-state index contributed by atoms with van der Waals surface area (Å²) < 4.78 is 0.